The Labute approximate surface area is 186 Å². The molecule has 0 aliphatic carbocycles. The van der Waals surface area contributed by atoms with E-state index in [2.05, 4.69) is 17.0 Å². The Balaban J connectivity index is 1.31. The van der Waals surface area contributed by atoms with E-state index in [0.717, 1.165) is 25.2 Å². The van der Waals surface area contributed by atoms with E-state index in [4.69, 9.17) is 9.15 Å². The van der Waals surface area contributed by atoms with Crippen molar-refractivity contribution in [3.8, 4) is 5.75 Å². The van der Waals surface area contributed by atoms with E-state index in [1.165, 1.54) is 11.6 Å². The van der Waals surface area contributed by atoms with E-state index < -0.39 is 4.92 Å². The van der Waals surface area contributed by atoms with Crippen LogP contribution >= 0.6 is 0 Å². The van der Waals surface area contributed by atoms with Crippen molar-refractivity contribution < 1.29 is 18.9 Å². The Bertz CT molecular complexity index is 1090. The van der Waals surface area contributed by atoms with Crippen LogP contribution in [-0.2, 0) is 13.2 Å². The third-order valence-corrected chi connectivity index (χ3v) is 5.46. The number of hydrogen-bond acceptors (Lipinski definition) is 6. The van der Waals surface area contributed by atoms with Crippen molar-refractivity contribution in [2.45, 2.75) is 20.1 Å². The van der Waals surface area contributed by atoms with Gasteiger partial charge in [0.15, 0.2) is 11.5 Å². The van der Waals surface area contributed by atoms with Crippen LogP contribution in [0.25, 0.3) is 0 Å². The van der Waals surface area contributed by atoms with Crippen LogP contribution in [0.1, 0.15) is 27.4 Å². The fraction of sp³-hybridized carbons (Fsp3) is 0.292. The van der Waals surface area contributed by atoms with Crippen LogP contribution in [0.4, 0.5) is 5.69 Å². The number of hydrogen-bond donors (Lipinski definition) is 0. The number of aryl methyl sites for hydroxylation is 1. The number of rotatable bonds is 7. The molecule has 1 fully saturated rings. The van der Waals surface area contributed by atoms with Gasteiger partial charge in [0.25, 0.3) is 5.91 Å². The van der Waals surface area contributed by atoms with E-state index in [1.54, 1.807) is 36.1 Å². The third-order valence-electron chi connectivity index (χ3n) is 5.46. The highest BCUT2D eigenvalue weighted by atomic mass is 16.6. The molecule has 0 radical (unpaired) electrons. The lowest BCUT2D eigenvalue weighted by Gasteiger charge is -2.34. The van der Waals surface area contributed by atoms with E-state index in [0.29, 0.717) is 18.8 Å². The number of piperazine rings is 1. The van der Waals surface area contributed by atoms with E-state index in [1.807, 2.05) is 18.2 Å². The van der Waals surface area contributed by atoms with Gasteiger partial charge in [-0.25, -0.2) is 0 Å². The normalized spacial score (nSPS) is 14.3. The van der Waals surface area contributed by atoms with Crippen LogP contribution in [0.2, 0.25) is 0 Å². The first kappa shape index (κ1) is 21.6. The number of carbonyl (C=O) groups is 1. The summed E-state index contributed by atoms with van der Waals surface area (Å²) in [5.41, 5.74) is 1.94. The van der Waals surface area contributed by atoms with Crippen LogP contribution < -0.4 is 4.74 Å². The predicted molar refractivity (Wildman–Crippen MR) is 118 cm³/mol. The van der Waals surface area contributed by atoms with Crippen LogP contribution in [0, 0.1) is 17.0 Å². The van der Waals surface area contributed by atoms with Gasteiger partial charge in [0.1, 0.15) is 12.4 Å². The number of carbonyl (C=O) groups excluding carboxylic acids is 1. The van der Waals surface area contributed by atoms with Crippen LogP contribution in [0.15, 0.2) is 65.1 Å². The number of nitro benzene ring substituents is 1. The molecule has 2 heterocycles. The Hall–Kier alpha value is -3.65. The minimum absolute atomic E-state index is 0.00202. The Morgan fingerprint density at radius 1 is 1.06 bits per heavy atom. The number of furan rings is 1. The fourth-order valence-electron chi connectivity index (χ4n) is 3.72. The molecule has 0 N–H and O–H groups in total. The minimum Gasteiger partial charge on any atom is -0.479 e. The maximum absolute atomic E-state index is 12.8. The highest BCUT2D eigenvalue weighted by Crippen LogP contribution is 2.28. The van der Waals surface area contributed by atoms with Crippen molar-refractivity contribution in [2.75, 3.05) is 26.2 Å². The molecule has 8 heteroatoms. The molecule has 1 aliphatic heterocycles. The standard InChI is InChI=1S/C24H25N3O5/c1-18-7-9-22(21(15-18)27(29)30)31-17-20-8-10-23(32-20)24(28)26-13-11-25(12-14-26)16-19-5-3-2-4-6-19/h2-10,15H,11-14,16-17H2,1H3. The van der Waals surface area contributed by atoms with Crippen molar-refractivity contribution in [3.05, 3.63) is 93.4 Å². The highest BCUT2D eigenvalue weighted by molar-refractivity contribution is 5.91. The van der Waals surface area contributed by atoms with Gasteiger partial charge in [-0.05, 0) is 36.2 Å². The van der Waals surface area contributed by atoms with Gasteiger partial charge in [-0.1, -0.05) is 36.4 Å². The molecule has 32 heavy (non-hydrogen) atoms. The van der Waals surface area contributed by atoms with E-state index >= 15 is 0 Å². The lowest BCUT2D eigenvalue weighted by Crippen LogP contribution is -2.48. The van der Waals surface area contributed by atoms with Gasteiger partial charge >= 0.3 is 5.69 Å². The monoisotopic (exact) mass is 435 g/mol. The summed E-state index contributed by atoms with van der Waals surface area (Å²) in [7, 11) is 0. The van der Waals surface area contributed by atoms with Crippen LogP contribution in [0.5, 0.6) is 5.75 Å². The minimum atomic E-state index is -0.475. The van der Waals surface area contributed by atoms with Gasteiger partial charge in [-0.2, -0.15) is 0 Å². The summed E-state index contributed by atoms with van der Waals surface area (Å²) in [5.74, 6) is 0.695. The molecule has 8 nitrogen and oxygen atoms in total. The van der Waals surface area contributed by atoms with Gasteiger partial charge in [-0.15, -0.1) is 0 Å². The molecule has 1 aliphatic rings. The van der Waals surface area contributed by atoms with Crippen LogP contribution in [0.3, 0.4) is 0 Å². The fourth-order valence-corrected chi connectivity index (χ4v) is 3.72. The summed E-state index contributed by atoms with van der Waals surface area (Å²) >= 11 is 0. The van der Waals surface area contributed by atoms with Crippen molar-refractivity contribution >= 4 is 11.6 Å². The van der Waals surface area contributed by atoms with Gasteiger partial charge in [0.05, 0.1) is 4.92 Å². The lowest BCUT2D eigenvalue weighted by molar-refractivity contribution is -0.386. The predicted octanol–water partition coefficient (Wildman–Crippen LogP) is 4.03. The topological polar surface area (TPSA) is 89.1 Å². The van der Waals surface area contributed by atoms with Crippen molar-refractivity contribution in [3.63, 3.8) is 0 Å². The maximum Gasteiger partial charge on any atom is 0.311 e. The Morgan fingerprint density at radius 2 is 1.81 bits per heavy atom. The first-order chi connectivity index (χ1) is 15.5. The Kier molecular flexibility index (Phi) is 6.51. The van der Waals surface area contributed by atoms with E-state index in [9.17, 15) is 14.9 Å². The summed E-state index contributed by atoms with van der Waals surface area (Å²) in [4.78, 5) is 27.7. The average molecular weight is 435 g/mol. The zero-order chi connectivity index (χ0) is 22.5. The van der Waals surface area contributed by atoms with Crippen molar-refractivity contribution in [2.24, 2.45) is 0 Å². The van der Waals surface area contributed by atoms with E-state index in [-0.39, 0.29) is 29.7 Å². The summed E-state index contributed by atoms with van der Waals surface area (Å²) < 4.78 is 11.2. The zero-order valence-corrected chi connectivity index (χ0v) is 17.9. The molecule has 1 aromatic heterocycles. The van der Waals surface area contributed by atoms with Crippen molar-refractivity contribution in [1.82, 2.24) is 9.80 Å². The molecule has 0 spiro atoms. The molecule has 0 atom stereocenters. The Morgan fingerprint density at radius 3 is 2.53 bits per heavy atom. The SMILES string of the molecule is Cc1ccc(OCc2ccc(C(=O)N3CCN(Cc4ccccc4)CC3)o2)c([N+](=O)[O-])c1. The van der Waals surface area contributed by atoms with Crippen molar-refractivity contribution in [1.29, 1.82) is 0 Å². The smallest absolute Gasteiger partial charge is 0.311 e. The molecule has 1 amide bonds. The quantitative estimate of drug-likeness (QED) is 0.411. The lowest BCUT2D eigenvalue weighted by atomic mass is 10.2. The second kappa shape index (κ2) is 9.65. The molecule has 1 saturated heterocycles. The number of ether oxygens (including phenoxy) is 1. The molecule has 4 rings (SSSR count). The summed E-state index contributed by atoms with van der Waals surface area (Å²) in [6.45, 7) is 5.52. The first-order valence-corrected chi connectivity index (χ1v) is 10.5. The second-order valence-electron chi connectivity index (χ2n) is 7.84. The number of nitrogens with zero attached hydrogens (tertiary/aromatic N) is 3. The molecule has 0 bridgehead atoms. The van der Waals surface area contributed by atoms with Crippen LogP contribution in [-0.4, -0.2) is 46.8 Å². The molecular weight excluding hydrogens is 410 g/mol. The third kappa shape index (κ3) is 5.15. The molecule has 2 aromatic carbocycles. The molecule has 0 saturated carbocycles. The summed E-state index contributed by atoms with van der Waals surface area (Å²) in [6, 6.07) is 18.3. The molecule has 166 valence electrons. The summed E-state index contributed by atoms with van der Waals surface area (Å²) in [6.07, 6.45) is 0. The summed E-state index contributed by atoms with van der Waals surface area (Å²) in [5, 5.41) is 11.2. The average Bonchev–Trinajstić information content (AvgIpc) is 3.28. The zero-order valence-electron chi connectivity index (χ0n) is 17.9. The number of benzene rings is 2. The van der Waals surface area contributed by atoms with Gasteiger partial charge in [0.2, 0.25) is 0 Å². The first-order valence-electron chi connectivity index (χ1n) is 10.5. The molecule has 3 aromatic rings. The van der Waals surface area contributed by atoms with Gasteiger partial charge < -0.3 is 14.1 Å². The van der Waals surface area contributed by atoms with Gasteiger partial charge in [-0.3, -0.25) is 19.8 Å². The second-order valence-corrected chi connectivity index (χ2v) is 7.84. The molecule has 0 unspecified atom stereocenters. The number of nitro groups is 1. The maximum atomic E-state index is 12.8. The van der Waals surface area contributed by atoms with Gasteiger partial charge in [0, 0.05) is 38.8 Å². The highest BCUT2D eigenvalue weighted by Gasteiger charge is 2.24. The number of amides is 1. The molecular formula is C24H25N3O5. The largest absolute Gasteiger partial charge is 0.479 e.